The Morgan fingerprint density at radius 3 is 2.55 bits per heavy atom. The molecule has 1 N–H and O–H groups in total. The van der Waals surface area contributed by atoms with E-state index in [1.807, 2.05) is 36.4 Å². The summed E-state index contributed by atoms with van der Waals surface area (Å²) in [6.45, 7) is 1.60. The Morgan fingerprint density at radius 2 is 1.79 bits per heavy atom. The lowest BCUT2D eigenvalue weighted by Gasteiger charge is -2.24. The molecule has 0 spiro atoms. The summed E-state index contributed by atoms with van der Waals surface area (Å²) in [5.74, 6) is 0.778. The molecule has 0 saturated carbocycles. The Balaban J connectivity index is 1.67. The van der Waals surface area contributed by atoms with E-state index in [9.17, 15) is 14.7 Å². The summed E-state index contributed by atoms with van der Waals surface area (Å²) < 4.78 is 11.9. The van der Waals surface area contributed by atoms with Crippen LogP contribution in [0.5, 0.6) is 11.5 Å². The van der Waals surface area contributed by atoms with Crippen molar-refractivity contribution in [3.8, 4) is 11.5 Å². The minimum Gasteiger partial charge on any atom is -0.457 e. The smallest absolute Gasteiger partial charge is 0.290 e. The van der Waals surface area contributed by atoms with Gasteiger partial charge in [-0.15, -0.1) is 0 Å². The maximum absolute atomic E-state index is 13.5. The summed E-state index contributed by atoms with van der Waals surface area (Å²) in [6.07, 6.45) is 0. The molecule has 4 aromatic rings. The first-order valence-corrected chi connectivity index (χ1v) is 10.9. The molecule has 3 aromatic carbocycles. The van der Waals surface area contributed by atoms with Gasteiger partial charge in [-0.05, 0) is 54.4 Å². The number of hydrogen-bond donors (Lipinski definition) is 1. The van der Waals surface area contributed by atoms with Gasteiger partial charge in [0, 0.05) is 11.6 Å². The van der Waals surface area contributed by atoms with Crippen LogP contribution in [0.25, 0.3) is 11.0 Å². The fraction of sp³-hybridized carbons (Fsp3) is 0.154. The van der Waals surface area contributed by atoms with Gasteiger partial charge in [0.1, 0.15) is 17.1 Å². The number of amides is 1. The zero-order valence-electron chi connectivity index (χ0n) is 17.7. The number of carbonyl (C=O) groups excluding carboxylic acids is 1. The molecule has 1 atom stereocenters. The van der Waals surface area contributed by atoms with Crippen molar-refractivity contribution < 1.29 is 19.1 Å². The second kappa shape index (κ2) is 8.39. The van der Waals surface area contributed by atoms with E-state index in [1.54, 1.807) is 37.3 Å². The molecule has 1 aliphatic heterocycles. The number of aliphatic hydroxyl groups excluding tert-OH is 1. The first-order valence-electron chi connectivity index (χ1n) is 10.5. The van der Waals surface area contributed by atoms with E-state index in [2.05, 4.69) is 0 Å². The molecule has 0 aliphatic carbocycles. The van der Waals surface area contributed by atoms with E-state index in [-0.39, 0.29) is 29.9 Å². The highest BCUT2D eigenvalue weighted by molar-refractivity contribution is 6.32. The monoisotopic (exact) mass is 461 g/mol. The fourth-order valence-corrected chi connectivity index (χ4v) is 4.36. The molecule has 0 bridgehead atoms. The molecule has 1 amide bonds. The van der Waals surface area contributed by atoms with Gasteiger partial charge in [0.2, 0.25) is 5.76 Å². The van der Waals surface area contributed by atoms with Crippen molar-refractivity contribution in [3.05, 3.63) is 104 Å². The molecule has 166 valence electrons. The van der Waals surface area contributed by atoms with Gasteiger partial charge >= 0.3 is 0 Å². The van der Waals surface area contributed by atoms with Crippen molar-refractivity contribution in [2.24, 2.45) is 0 Å². The largest absolute Gasteiger partial charge is 0.457 e. The number of benzene rings is 3. The third-order valence-electron chi connectivity index (χ3n) is 5.74. The number of aryl methyl sites for hydroxylation is 1. The van der Waals surface area contributed by atoms with Crippen molar-refractivity contribution >= 4 is 28.5 Å². The average Bonchev–Trinajstić information content (AvgIpc) is 3.08. The van der Waals surface area contributed by atoms with Crippen LogP contribution >= 0.6 is 11.6 Å². The molecule has 33 heavy (non-hydrogen) atoms. The molecule has 0 saturated heterocycles. The maximum atomic E-state index is 13.5. The van der Waals surface area contributed by atoms with Crippen LogP contribution in [0.3, 0.4) is 0 Å². The predicted octanol–water partition coefficient (Wildman–Crippen LogP) is 5.08. The Labute approximate surface area is 194 Å². The Kier molecular flexibility index (Phi) is 5.40. The van der Waals surface area contributed by atoms with Gasteiger partial charge < -0.3 is 19.2 Å². The predicted molar refractivity (Wildman–Crippen MR) is 125 cm³/mol. The number of nitrogens with zero attached hydrogens (tertiary/aromatic N) is 1. The van der Waals surface area contributed by atoms with Crippen molar-refractivity contribution in [1.82, 2.24) is 4.90 Å². The second-order valence-corrected chi connectivity index (χ2v) is 8.29. The molecule has 0 unspecified atom stereocenters. The van der Waals surface area contributed by atoms with Gasteiger partial charge in [-0.2, -0.15) is 0 Å². The van der Waals surface area contributed by atoms with Gasteiger partial charge in [-0.25, -0.2) is 0 Å². The number of para-hydroxylation sites is 1. The van der Waals surface area contributed by atoms with Gasteiger partial charge in [-0.1, -0.05) is 41.9 Å². The molecule has 1 aromatic heterocycles. The molecule has 0 fully saturated rings. The van der Waals surface area contributed by atoms with E-state index in [4.69, 9.17) is 20.8 Å². The number of fused-ring (bicyclic) bond motifs is 2. The van der Waals surface area contributed by atoms with Crippen molar-refractivity contribution in [2.45, 2.75) is 13.0 Å². The van der Waals surface area contributed by atoms with Gasteiger partial charge in [0.05, 0.1) is 23.6 Å². The van der Waals surface area contributed by atoms with E-state index in [0.717, 1.165) is 5.56 Å². The van der Waals surface area contributed by atoms with Gasteiger partial charge in [0.15, 0.2) is 5.43 Å². The lowest BCUT2D eigenvalue weighted by atomic mass is 9.98. The number of halogens is 1. The third kappa shape index (κ3) is 3.67. The number of aliphatic hydroxyl groups is 1. The minimum atomic E-state index is -0.722. The third-order valence-corrected chi connectivity index (χ3v) is 6.15. The van der Waals surface area contributed by atoms with E-state index < -0.39 is 11.9 Å². The number of ether oxygens (including phenoxy) is 1. The van der Waals surface area contributed by atoms with Gasteiger partial charge in [-0.3, -0.25) is 9.59 Å². The number of β-amino-alcohol motifs (C(OH)–C–C–N with tert-alkyl or cyclic N) is 1. The van der Waals surface area contributed by atoms with Crippen LogP contribution in [0.4, 0.5) is 0 Å². The summed E-state index contributed by atoms with van der Waals surface area (Å²) in [5.41, 5.74) is 1.64. The highest BCUT2D eigenvalue weighted by atomic mass is 35.5. The number of rotatable bonds is 5. The molecule has 0 radical (unpaired) electrons. The fourth-order valence-electron chi connectivity index (χ4n) is 4.20. The quantitative estimate of drug-likeness (QED) is 0.448. The number of hydrogen-bond acceptors (Lipinski definition) is 5. The Hall–Kier alpha value is -3.61. The molecule has 2 heterocycles. The van der Waals surface area contributed by atoms with Crippen LogP contribution in [0.2, 0.25) is 5.02 Å². The summed E-state index contributed by atoms with van der Waals surface area (Å²) in [4.78, 5) is 28.2. The van der Waals surface area contributed by atoms with Crippen molar-refractivity contribution in [3.63, 3.8) is 0 Å². The number of carbonyl (C=O) groups is 1. The summed E-state index contributed by atoms with van der Waals surface area (Å²) in [5, 5.41) is 10.4. The Morgan fingerprint density at radius 1 is 1.03 bits per heavy atom. The summed E-state index contributed by atoms with van der Waals surface area (Å²) >= 11 is 6.26. The first kappa shape index (κ1) is 21.2. The van der Waals surface area contributed by atoms with E-state index in [1.165, 1.54) is 4.90 Å². The lowest BCUT2D eigenvalue weighted by molar-refractivity contribution is 0.0691. The van der Waals surface area contributed by atoms with Gasteiger partial charge in [0.25, 0.3) is 5.91 Å². The minimum absolute atomic E-state index is 0.0120. The van der Waals surface area contributed by atoms with Crippen LogP contribution < -0.4 is 10.2 Å². The van der Waals surface area contributed by atoms with E-state index >= 15 is 0 Å². The topological polar surface area (TPSA) is 80.0 Å². The molecule has 1 aliphatic rings. The normalized spacial score (nSPS) is 15.2. The van der Waals surface area contributed by atoms with Crippen LogP contribution in [-0.2, 0) is 0 Å². The molecular formula is C26H20ClNO5. The van der Waals surface area contributed by atoms with Crippen LogP contribution in [0.15, 0.2) is 75.9 Å². The summed E-state index contributed by atoms with van der Waals surface area (Å²) in [6, 6.07) is 19.0. The zero-order chi connectivity index (χ0) is 23.1. The van der Waals surface area contributed by atoms with Crippen LogP contribution in [0, 0.1) is 6.92 Å². The Bertz CT molecular complexity index is 1430. The molecule has 7 heteroatoms. The molecule has 6 nitrogen and oxygen atoms in total. The zero-order valence-corrected chi connectivity index (χ0v) is 18.5. The summed E-state index contributed by atoms with van der Waals surface area (Å²) in [7, 11) is 0. The van der Waals surface area contributed by atoms with Crippen molar-refractivity contribution in [1.29, 1.82) is 0 Å². The highest BCUT2D eigenvalue weighted by Crippen LogP contribution is 2.39. The van der Waals surface area contributed by atoms with Crippen LogP contribution in [-0.4, -0.2) is 29.1 Å². The van der Waals surface area contributed by atoms with Crippen molar-refractivity contribution in [2.75, 3.05) is 13.2 Å². The lowest BCUT2D eigenvalue weighted by Crippen LogP contribution is -2.32. The molecule has 5 rings (SSSR count). The molecular weight excluding hydrogens is 442 g/mol. The van der Waals surface area contributed by atoms with Crippen LogP contribution in [0.1, 0.15) is 33.3 Å². The van der Waals surface area contributed by atoms with E-state index in [0.29, 0.717) is 33.1 Å². The highest BCUT2D eigenvalue weighted by Gasteiger charge is 2.42. The average molecular weight is 462 g/mol. The standard InChI is InChI=1S/C26H20ClNO5/c1-15-12-21-19(14-20(15)27)24(30)22-23(28(10-11-29)26(31)25(22)33-21)16-6-5-9-18(13-16)32-17-7-3-2-4-8-17/h2-9,12-14,23,29H,10-11H2,1H3/t23-/m1/s1. The SMILES string of the molecule is Cc1cc2oc3c(c(=O)c2cc1Cl)[C@@H](c1cccc(Oc2ccccc2)c1)N(CCO)C3=O. The maximum Gasteiger partial charge on any atom is 0.290 e. The first-order chi connectivity index (χ1) is 16.0. The second-order valence-electron chi connectivity index (χ2n) is 7.88.